The van der Waals surface area contributed by atoms with Crippen molar-refractivity contribution in [3.8, 4) is 0 Å². The molecule has 1 aromatic carbocycles. The highest BCUT2D eigenvalue weighted by Crippen LogP contribution is 2.29. The molecule has 1 fully saturated rings. The number of alkyl halides is 3. The summed E-state index contributed by atoms with van der Waals surface area (Å²) in [4.78, 5) is 29.7. The van der Waals surface area contributed by atoms with Gasteiger partial charge in [0, 0.05) is 56.3 Å². The van der Waals surface area contributed by atoms with Crippen LogP contribution in [-0.4, -0.2) is 61.6 Å². The molecule has 1 amide bonds. The van der Waals surface area contributed by atoms with Crippen LogP contribution in [0.25, 0.3) is 0 Å². The molecule has 9 nitrogen and oxygen atoms in total. The average Bonchev–Trinajstić information content (AvgIpc) is 2.72. The van der Waals surface area contributed by atoms with Crippen LogP contribution in [0, 0.1) is 10.1 Å². The molecule has 0 spiro atoms. The highest BCUT2D eigenvalue weighted by Gasteiger charge is 2.31. The Balaban J connectivity index is 1.74. The van der Waals surface area contributed by atoms with E-state index in [-0.39, 0.29) is 36.6 Å². The number of nitro benzene ring substituents is 1. The topological polar surface area (TPSA) is 114 Å². The second kappa shape index (κ2) is 8.13. The van der Waals surface area contributed by atoms with Gasteiger partial charge < -0.3 is 9.80 Å². The van der Waals surface area contributed by atoms with Gasteiger partial charge in [0.25, 0.3) is 11.6 Å². The first-order valence-corrected chi connectivity index (χ1v) is 10.8. The number of piperazine rings is 1. The van der Waals surface area contributed by atoms with Gasteiger partial charge in [-0.1, -0.05) is 0 Å². The lowest BCUT2D eigenvalue weighted by atomic mass is 10.1. The zero-order chi connectivity index (χ0) is 23.0. The van der Waals surface area contributed by atoms with E-state index in [9.17, 15) is 36.5 Å². The van der Waals surface area contributed by atoms with Gasteiger partial charge in [0.15, 0.2) is 9.84 Å². The third-order valence-electron chi connectivity index (χ3n) is 4.74. The molecule has 0 unspecified atom stereocenters. The maximum atomic E-state index is 12.8. The molecule has 0 saturated carbocycles. The van der Waals surface area contributed by atoms with Gasteiger partial charge in [-0.05, 0) is 18.2 Å². The number of anilines is 1. The Bertz CT molecular complexity index is 1110. The Morgan fingerprint density at radius 2 is 1.77 bits per heavy atom. The van der Waals surface area contributed by atoms with Gasteiger partial charge in [0.2, 0.25) is 0 Å². The van der Waals surface area contributed by atoms with E-state index >= 15 is 0 Å². The van der Waals surface area contributed by atoms with Crippen molar-refractivity contribution in [2.24, 2.45) is 0 Å². The number of hydrogen-bond acceptors (Lipinski definition) is 7. The number of sulfone groups is 1. The molecule has 0 aliphatic carbocycles. The summed E-state index contributed by atoms with van der Waals surface area (Å²) < 4.78 is 61.6. The maximum absolute atomic E-state index is 12.8. The van der Waals surface area contributed by atoms with Crippen LogP contribution in [0.3, 0.4) is 0 Å². The minimum Gasteiger partial charge on any atom is -0.353 e. The number of carbonyl (C=O) groups excluding carboxylic acids is 1. The fourth-order valence-corrected chi connectivity index (χ4v) is 3.76. The molecule has 2 heterocycles. The smallest absolute Gasteiger partial charge is 0.353 e. The molecule has 3 rings (SSSR count). The van der Waals surface area contributed by atoms with Crippen LogP contribution in [0.15, 0.2) is 41.4 Å². The summed E-state index contributed by atoms with van der Waals surface area (Å²) in [5.74, 6) is -0.247. The van der Waals surface area contributed by atoms with Crippen molar-refractivity contribution >= 4 is 27.2 Å². The molecule has 1 aliphatic heterocycles. The minimum absolute atomic E-state index is 0.129. The largest absolute Gasteiger partial charge is 0.417 e. The third kappa shape index (κ3) is 5.10. The molecular formula is C18H17F3N4O5S. The number of pyridine rings is 1. The Kier molecular flexibility index (Phi) is 5.89. The normalized spacial score (nSPS) is 15.1. The van der Waals surface area contributed by atoms with Crippen molar-refractivity contribution in [3.05, 3.63) is 57.8 Å². The van der Waals surface area contributed by atoms with Crippen LogP contribution in [0.5, 0.6) is 0 Å². The highest BCUT2D eigenvalue weighted by atomic mass is 32.2. The van der Waals surface area contributed by atoms with Gasteiger partial charge in [-0.2, -0.15) is 13.2 Å². The minimum atomic E-state index is -4.49. The maximum Gasteiger partial charge on any atom is 0.417 e. The summed E-state index contributed by atoms with van der Waals surface area (Å²) in [6, 6.07) is 5.17. The molecule has 1 aromatic heterocycles. The van der Waals surface area contributed by atoms with Crippen molar-refractivity contribution in [2.45, 2.75) is 11.1 Å². The van der Waals surface area contributed by atoms with Crippen LogP contribution in [0.1, 0.15) is 15.9 Å². The molecule has 2 aromatic rings. The molecule has 1 aliphatic rings. The Labute approximate surface area is 175 Å². The number of halogens is 3. The van der Waals surface area contributed by atoms with Crippen LogP contribution < -0.4 is 4.90 Å². The van der Waals surface area contributed by atoms with E-state index in [1.165, 1.54) is 11.0 Å². The van der Waals surface area contributed by atoms with Crippen molar-refractivity contribution < 1.29 is 31.3 Å². The van der Waals surface area contributed by atoms with Crippen LogP contribution in [0.2, 0.25) is 0 Å². The number of rotatable bonds is 4. The quantitative estimate of drug-likeness (QED) is 0.511. The second-order valence-corrected chi connectivity index (χ2v) is 8.94. The Hall–Kier alpha value is -3.22. The van der Waals surface area contributed by atoms with Crippen molar-refractivity contribution in [1.82, 2.24) is 9.88 Å². The fourth-order valence-electron chi connectivity index (χ4n) is 3.09. The SMILES string of the molecule is CS(=O)(=O)c1cc(C(=O)N2CCN(c3ccc(C(F)(F)F)cn3)CC2)cc([N+](=O)[O-])c1. The van der Waals surface area contributed by atoms with Gasteiger partial charge >= 0.3 is 6.18 Å². The lowest BCUT2D eigenvalue weighted by Gasteiger charge is -2.35. The first-order valence-electron chi connectivity index (χ1n) is 8.93. The van der Waals surface area contributed by atoms with E-state index < -0.39 is 38.1 Å². The first kappa shape index (κ1) is 22.5. The van der Waals surface area contributed by atoms with Gasteiger partial charge in [-0.3, -0.25) is 14.9 Å². The molecule has 0 atom stereocenters. The number of amides is 1. The molecule has 0 radical (unpaired) electrons. The summed E-state index contributed by atoms with van der Waals surface area (Å²) in [5, 5.41) is 11.1. The predicted molar refractivity (Wildman–Crippen MR) is 104 cm³/mol. The lowest BCUT2D eigenvalue weighted by molar-refractivity contribution is -0.385. The number of hydrogen-bond donors (Lipinski definition) is 0. The van der Waals surface area contributed by atoms with Gasteiger partial charge in [-0.15, -0.1) is 0 Å². The monoisotopic (exact) mass is 458 g/mol. The van der Waals surface area contributed by atoms with Crippen LogP contribution in [0.4, 0.5) is 24.7 Å². The highest BCUT2D eigenvalue weighted by molar-refractivity contribution is 7.90. The number of carbonyl (C=O) groups is 1. The number of non-ortho nitro benzene ring substituents is 1. The van der Waals surface area contributed by atoms with Crippen LogP contribution >= 0.6 is 0 Å². The molecule has 0 bridgehead atoms. The van der Waals surface area contributed by atoms with Crippen molar-refractivity contribution in [2.75, 3.05) is 37.3 Å². The summed E-state index contributed by atoms with van der Waals surface area (Å²) in [7, 11) is -3.78. The molecule has 13 heteroatoms. The summed E-state index contributed by atoms with van der Waals surface area (Å²) >= 11 is 0. The molecular weight excluding hydrogens is 441 g/mol. The van der Waals surface area contributed by atoms with Gasteiger partial charge in [-0.25, -0.2) is 13.4 Å². The predicted octanol–water partition coefficient (Wildman–Crippen LogP) is 2.37. The summed E-state index contributed by atoms with van der Waals surface area (Å²) in [6.45, 7) is 0.910. The van der Waals surface area contributed by atoms with Crippen molar-refractivity contribution in [3.63, 3.8) is 0 Å². The summed E-state index contributed by atoms with van der Waals surface area (Å²) in [5.41, 5.74) is -1.51. The third-order valence-corrected chi connectivity index (χ3v) is 5.84. The fraction of sp³-hybridized carbons (Fsp3) is 0.333. The molecule has 166 valence electrons. The van der Waals surface area contributed by atoms with Crippen LogP contribution in [-0.2, 0) is 16.0 Å². The number of nitro groups is 1. The number of benzene rings is 1. The van der Waals surface area contributed by atoms with Crippen molar-refractivity contribution in [1.29, 1.82) is 0 Å². The molecule has 1 saturated heterocycles. The second-order valence-electron chi connectivity index (χ2n) is 6.93. The van der Waals surface area contributed by atoms with E-state index in [2.05, 4.69) is 4.98 Å². The zero-order valence-corrected chi connectivity index (χ0v) is 17.0. The Morgan fingerprint density at radius 3 is 2.26 bits per heavy atom. The van der Waals surface area contributed by atoms with E-state index in [0.717, 1.165) is 36.7 Å². The number of aromatic nitrogens is 1. The first-order chi connectivity index (χ1) is 14.4. The molecule has 31 heavy (non-hydrogen) atoms. The van der Waals surface area contributed by atoms with E-state index in [0.29, 0.717) is 5.82 Å². The average molecular weight is 458 g/mol. The van der Waals surface area contributed by atoms with Gasteiger partial charge in [0.1, 0.15) is 5.82 Å². The van der Waals surface area contributed by atoms with E-state index in [1.807, 2.05) is 0 Å². The lowest BCUT2D eigenvalue weighted by Crippen LogP contribution is -2.49. The van der Waals surface area contributed by atoms with E-state index in [1.54, 1.807) is 4.90 Å². The molecule has 0 N–H and O–H groups in total. The standard InChI is InChI=1S/C18H17F3N4O5S/c1-31(29,30)15-9-12(8-14(10-15)25(27)28)17(26)24-6-4-23(5-7-24)16-3-2-13(11-22-16)18(19,20)21/h2-3,8-11H,4-7H2,1H3. The van der Waals surface area contributed by atoms with Gasteiger partial charge in [0.05, 0.1) is 15.4 Å². The Morgan fingerprint density at radius 1 is 1.13 bits per heavy atom. The zero-order valence-electron chi connectivity index (χ0n) is 16.2. The summed E-state index contributed by atoms with van der Waals surface area (Å²) in [6.07, 6.45) is -2.86. The van der Waals surface area contributed by atoms with E-state index in [4.69, 9.17) is 0 Å². The number of nitrogens with zero attached hydrogens (tertiary/aromatic N) is 4.